The minimum Gasteiger partial charge on any atom is -0.496 e. The number of nitrogens with two attached hydrogens (primary N) is 1. The molecule has 2 aromatic rings. The number of aryl methyl sites for hydroxylation is 1. The molecule has 1 heterocycles. The van der Waals surface area contributed by atoms with Crippen LogP contribution in [0.4, 0.5) is 0 Å². The second-order valence-electron chi connectivity index (χ2n) is 4.31. The average Bonchev–Trinajstić information content (AvgIpc) is 2.72. The van der Waals surface area contributed by atoms with Gasteiger partial charge in [-0.1, -0.05) is 6.92 Å². The Hall–Kier alpha value is -1.33. The number of hydrogen-bond acceptors (Lipinski definition) is 3. The lowest BCUT2D eigenvalue weighted by Crippen LogP contribution is -2.05. The molecule has 1 aromatic carbocycles. The molecule has 0 aliphatic rings. The summed E-state index contributed by atoms with van der Waals surface area (Å²) in [5, 5.41) is 0. The van der Waals surface area contributed by atoms with Crippen molar-refractivity contribution >= 4 is 15.9 Å². The summed E-state index contributed by atoms with van der Waals surface area (Å²) in [5.74, 6) is 1.78. The standard InChI is InChI=1S/C14H18BrN3O/c1-4-9-7-10(5-6-11(9)19-3)13-14(15)17-12(8-16)18(13)2/h5-7H,4,8,16H2,1-3H3. The van der Waals surface area contributed by atoms with Gasteiger partial charge in [-0.05, 0) is 46.1 Å². The SMILES string of the molecule is CCc1cc(-c2c(Br)nc(CN)n2C)ccc1OC. The summed E-state index contributed by atoms with van der Waals surface area (Å²) in [6, 6.07) is 6.18. The molecule has 0 aliphatic heterocycles. The summed E-state index contributed by atoms with van der Waals surface area (Å²) in [5.41, 5.74) is 9.02. The molecule has 4 nitrogen and oxygen atoms in total. The Kier molecular flexibility index (Phi) is 4.27. The van der Waals surface area contributed by atoms with Crippen molar-refractivity contribution in [1.82, 2.24) is 9.55 Å². The van der Waals surface area contributed by atoms with Crippen molar-refractivity contribution in [2.45, 2.75) is 19.9 Å². The van der Waals surface area contributed by atoms with Gasteiger partial charge in [-0.25, -0.2) is 4.98 Å². The van der Waals surface area contributed by atoms with Gasteiger partial charge in [0.05, 0.1) is 19.3 Å². The Morgan fingerprint density at radius 1 is 1.42 bits per heavy atom. The Balaban J connectivity index is 2.56. The smallest absolute Gasteiger partial charge is 0.132 e. The minimum atomic E-state index is 0.423. The predicted molar refractivity (Wildman–Crippen MR) is 80.2 cm³/mol. The van der Waals surface area contributed by atoms with Gasteiger partial charge in [0.15, 0.2) is 0 Å². The van der Waals surface area contributed by atoms with Gasteiger partial charge in [-0.3, -0.25) is 0 Å². The molecule has 2 rings (SSSR count). The molecule has 5 heteroatoms. The molecule has 0 saturated carbocycles. The monoisotopic (exact) mass is 323 g/mol. The molecule has 0 fully saturated rings. The Morgan fingerprint density at radius 3 is 2.68 bits per heavy atom. The van der Waals surface area contributed by atoms with Crippen LogP contribution in [0, 0.1) is 0 Å². The van der Waals surface area contributed by atoms with Crippen LogP contribution in [0.5, 0.6) is 5.75 Å². The summed E-state index contributed by atoms with van der Waals surface area (Å²) < 4.78 is 8.20. The number of rotatable bonds is 4. The maximum atomic E-state index is 5.69. The maximum Gasteiger partial charge on any atom is 0.132 e. The molecule has 0 bridgehead atoms. The average molecular weight is 324 g/mol. The van der Waals surface area contributed by atoms with Crippen molar-refractivity contribution in [2.24, 2.45) is 12.8 Å². The number of hydrogen-bond donors (Lipinski definition) is 1. The molecule has 0 atom stereocenters. The molecule has 0 amide bonds. The molecule has 19 heavy (non-hydrogen) atoms. The zero-order valence-corrected chi connectivity index (χ0v) is 13.0. The second-order valence-corrected chi connectivity index (χ2v) is 5.06. The lowest BCUT2D eigenvalue weighted by atomic mass is 10.1. The van der Waals surface area contributed by atoms with E-state index in [4.69, 9.17) is 10.5 Å². The van der Waals surface area contributed by atoms with Crippen LogP contribution >= 0.6 is 15.9 Å². The van der Waals surface area contributed by atoms with Gasteiger partial charge in [0.25, 0.3) is 0 Å². The Bertz CT molecular complexity index is 593. The molecule has 2 N–H and O–H groups in total. The van der Waals surface area contributed by atoms with Gasteiger partial charge >= 0.3 is 0 Å². The van der Waals surface area contributed by atoms with E-state index in [2.05, 4.69) is 33.9 Å². The number of nitrogens with zero attached hydrogens (tertiary/aromatic N) is 2. The lowest BCUT2D eigenvalue weighted by Gasteiger charge is -2.10. The van der Waals surface area contributed by atoms with Crippen LogP contribution < -0.4 is 10.5 Å². The third-order valence-electron chi connectivity index (χ3n) is 3.26. The van der Waals surface area contributed by atoms with Crippen LogP contribution in [0.25, 0.3) is 11.3 Å². The van der Waals surface area contributed by atoms with E-state index < -0.39 is 0 Å². The highest BCUT2D eigenvalue weighted by Gasteiger charge is 2.15. The van der Waals surface area contributed by atoms with Gasteiger partial charge < -0.3 is 15.0 Å². The van der Waals surface area contributed by atoms with Crippen LogP contribution in [0.1, 0.15) is 18.3 Å². The van der Waals surface area contributed by atoms with Crippen LogP contribution in [-0.4, -0.2) is 16.7 Å². The van der Waals surface area contributed by atoms with E-state index >= 15 is 0 Å². The summed E-state index contributed by atoms with van der Waals surface area (Å²) in [7, 11) is 3.67. The van der Waals surface area contributed by atoms with E-state index in [1.807, 2.05) is 23.7 Å². The molecule has 1 aromatic heterocycles. The van der Waals surface area contributed by atoms with Crippen molar-refractivity contribution in [1.29, 1.82) is 0 Å². The number of aromatic nitrogens is 2. The first-order valence-electron chi connectivity index (χ1n) is 6.20. The van der Waals surface area contributed by atoms with E-state index in [1.54, 1.807) is 7.11 Å². The Morgan fingerprint density at radius 2 is 2.16 bits per heavy atom. The van der Waals surface area contributed by atoms with Crippen molar-refractivity contribution in [3.63, 3.8) is 0 Å². The summed E-state index contributed by atoms with van der Waals surface area (Å²) in [6.07, 6.45) is 0.927. The van der Waals surface area contributed by atoms with Crippen LogP contribution in [-0.2, 0) is 20.0 Å². The number of benzene rings is 1. The normalized spacial score (nSPS) is 10.8. The fraction of sp³-hybridized carbons (Fsp3) is 0.357. The lowest BCUT2D eigenvalue weighted by molar-refractivity contribution is 0.410. The van der Waals surface area contributed by atoms with Gasteiger partial charge in [0.1, 0.15) is 16.2 Å². The van der Waals surface area contributed by atoms with Crippen molar-refractivity contribution < 1.29 is 4.74 Å². The summed E-state index contributed by atoms with van der Waals surface area (Å²) in [4.78, 5) is 4.43. The number of imidazole rings is 1. The van der Waals surface area contributed by atoms with Gasteiger partial charge in [0.2, 0.25) is 0 Å². The van der Waals surface area contributed by atoms with Gasteiger partial charge in [-0.2, -0.15) is 0 Å². The third kappa shape index (κ3) is 2.53. The van der Waals surface area contributed by atoms with E-state index in [9.17, 15) is 0 Å². The zero-order chi connectivity index (χ0) is 14.0. The molecule has 0 aliphatic carbocycles. The zero-order valence-electron chi connectivity index (χ0n) is 11.4. The molecule has 102 valence electrons. The third-order valence-corrected chi connectivity index (χ3v) is 3.82. The first kappa shape index (κ1) is 14.1. The van der Waals surface area contributed by atoms with Gasteiger partial charge in [0, 0.05) is 12.6 Å². The summed E-state index contributed by atoms with van der Waals surface area (Å²) in [6.45, 7) is 2.54. The number of ether oxygens (including phenoxy) is 1. The van der Waals surface area contributed by atoms with E-state index in [0.29, 0.717) is 6.54 Å². The number of halogens is 1. The van der Waals surface area contributed by atoms with Crippen molar-refractivity contribution in [3.8, 4) is 17.0 Å². The largest absolute Gasteiger partial charge is 0.496 e. The number of methoxy groups -OCH3 is 1. The highest BCUT2D eigenvalue weighted by atomic mass is 79.9. The van der Waals surface area contributed by atoms with Crippen LogP contribution in [0.3, 0.4) is 0 Å². The first-order chi connectivity index (χ1) is 9.12. The maximum absolute atomic E-state index is 5.69. The minimum absolute atomic E-state index is 0.423. The Labute approximate surface area is 121 Å². The van der Waals surface area contributed by atoms with Crippen LogP contribution in [0.2, 0.25) is 0 Å². The van der Waals surface area contributed by atoms with E-state index in [0.717, 1.165) is 33.9 Å². The highest BCUT2D eigenvalue weighted by molar-refractivity contribution is 9.10. The highest BCUT2D eigenvalue weighted by Crippen LogP contribution is 2.32. The molecule has 0 radical (unpaired) electrons. The fourth-order valence-electron chi connectivity index (χ4n) is 2.21. The second kappa shape index (κ2) is 5.75. The van der Waals surface area contributed by atoms with Gasteiger partial charge in [-0.15, -0.1) is 0 Å². The van der Waals surface area contributed by atoms with E-state index in [1.165, 1.54) is 5.56 Å². The predicted octanol–water partition coefficient (Wildman–Crippen LogP) is 2.88. The quantitative estimate of drug-likeness (QED) is 0.941. The van der Waals surface area contributed by atoms with Crippen molar-refractivity contribution in [3.05, 3.63) is 34.2 Å². The molecule has 0 saturated heterocycles. The van der Waals surface area contributed by atoms with E-state index in [-0.39, 0.29) is 0 Å². The first-order valence-corrected chi connectivity index (χ1v) is 7.00. The van der Waals surface area contributed by atoms with Crippen molar-refractivity contribution in [2.75, 3.05) is 7.11 Å². The molecule has 0 spiro atoms. The topological polar surface area (TPSA) is 53.1 Å². The fourth-order valence-corrected chi connectivity index (χ4v) is 2.91. The molecular formula is C14H18BrN3O. The molecular weight excluding hydrogens is 306 g/mol. The summed E-state index contributed by atoms with van der Waals surface area (Å²) >= 11 is 3.51. The molecule has 0 unspecified atom stereocenters. The van der Waals surface area contributed by atoms with Crippen LogP contribution in [0.15, 0.2) is 22.8 Å².